The van der Waals surface area contributed by atoms with Crippen LogP contribution in [0.15, 0.2) is 12.4 Å². The fourth-order valence-corrected chi connectivity index (χ4v) is 2.09. The van der Waals surface area contributed by atoms with Gasteiger partial charge in [0.2, 0.25) is 5.91 Å². The summed E-state index contributed by atoms with van der Waals surface area (Å²) in [7, 11) is 1.52. The Hall–Kier alpha value is -1.34. The second kappa shape index (κ2) is 5.97. The minimum Gasteiger partial charge on any atom is -0.375 e. The smallest absolute Gasteiger partial charge is 0.248 e. The van der Waals surface area contributed by atoms with E-state index >= 15 is 0 Å². The molecule has 1 aliphatic rings. The van der Waals surface area contributed by atoms with Gasteiger partial charge in [-0.2, -0.15) is 12.6 Å². The summed E-state index contributed by atoms with van der Waals surface area (Å²) in [5.74, 6) is 0.784. The number of carbonyl (C=O) groups is 1. The first-order valence-corrected chi connectivity index (χ1v) is 6.93. The summed E-state index contributed by atoms with van der Waals surface area (Å²) in [6.07, 6.45) is 1.53. The first-order valence-electron chi connectivity index (χ1n) is 6.48. The Bertz CT molecular complexity index is 484. The molecule has 1 amide bonds. The zero-order valence-electron chi connectivity index (χ0n) is 12.0. The van der Waals surface area contributed by atoms with Gasteiger partial charge in [0, 0.05) is 31.0 Å². The number of ether oxygens (including phenoxy) is 1. The fourth-order valence-electron chi connectivity index (χ4n) is 1.97. The van der Waals surface area contributed by atoms with Gasteiger partial charge in [0.15, 0.2) is 0 Å². The number of hydrogen-bond donors (Lipinski definition) is 2. The number of aromatic nitrogens is 2. The molecule has 7 heteroatoms. The lowest BCUT2D eigenvalue weighted by Crippen LogP contribution is -2.57. The van der Waals surface area contributed by atoms with E-state index in [4.69, 9.17) is 4.74 Å². The van der Waals surface area contributed by atoms with Crippen LogP contribution in [0.1, 0.15) is 19.5 Å². The zero-order valence-corrected chi connectivity index (χ0v) is 12.9. The van der Waals surface area contributed by atoms with Crippen LogP contribution in [0.4, 0.5) is 5.82 Å². The lowest BCUT2D eigenvalue weighted by atomic mass is 10.1. The van der Waals surface area contributed by atoms with Gasteiger partial charge < -0.3 is 15.0 Å². The molecule has 2 rings (SSSR count). The number of hydrogen-bond acceptors (Lipinski definition) is 6. The third kappa shape index (κ3) is 3.61. The van der Waals surface area contributed by atoms with Crippen molar-refractivity contribution in [2.45, 2.75) is 24.6 Å². The Morgan fingerprint density at radius 1 is 1.55 bits per heavy atom. The zero-order chi connectivity index (χ0) is 14.8. The lowest BCUT2D eigenvalue weighted by Gasteiger charge is -2.39. The van der Waals surface area contributed by atoms with Crippen LogP contribution in [-0.2, 0) is 14.3 Å². The van der Waals surface area contributed by atoms with Crippen LogP contribution in [-0.4, -0.2) is 53.6 Å². The lowest BCUT2D eigenvalue weighted by molar-refractivity contribution is -0.139. The molecule has 1 aromatic heterocycles. The van der Waals surface area contributed by atoms with Crippen molar-refractivity contribution in [1.29, 1.82) is 0 Å². The minimum atomic E-state index is -0.306. The van der Waals surface area contributed by atoms with E-state index in [9.17, 15) is 4.79 Å². The highest BCUT2D eigenvalue weighted by molar-refractivity contribution is 7.81. The van der Waals surface area contributed by atoms with Gasteiger partial charge in [-0.1, -0.05) is 0 Å². The predicted octanol–water partition coefficient (Wildman–Crippen LogP) is 0.911. The number of thiol groups is 1. The Morgan fingerprint density at radius 2 is 2.25 bits per heavy atom. The van der Waals surface area contributed by atoms with Gasteiger partial charge in [0.05, 0.1) is 11.7 Å². The maximum Gasteiger partial charge on any atom is 0.248 e. The molecular weight excluding hydrogens is 276 g/mol. The second-order valence-corrected chi connectivity index (χ2v) is 6.54. The molecule has 0 radical (unpaired) electrons. The van der Waals surface area contributed by atoms with E-state index in [1.807, 2.05) is 19.9 Å². The maximum absolute atomic E-state index is 11.5. The summed E-state index contributed by atoms with van der Waals surface area (Å²) in [5.41, 5.74) is 0.866. The van der Waals surface area contributed by atoms with Crippen molar-refractivity contribution in [2.75, 3.05) is 32.1 Å². The maximum atomic E-state index is 11.5. The summed E-state index contributed by atoms with van der Waals surface area (Å²) < 4.78 is 4.52. The highest BCUT2D eigenvalue weighted by Crippen LogP contribution is 2.26. The van der Waals surface area contributed by atoms with Gasteiger partial charge in [-0.25, -0.2) is 9.97 Å². The molecule has 1 saturated heterocycles. The average molecular weight is 296 g/mol. The number of likely N-dealkylation sites (tertiary alicyclic amines) is 1. The number of anilines is 1. The molecule has 0 aliphatic carbocycles. The molecule has 1 N–H and O–H groups in total. The van der Waals surface area contributed by atoms with E-state index in [1.54, 1.807) is 4.90 Å². The Kier molecular flexibility index (Phi) is 4.49. The SMILES string of the molecule is COCC(=O)N1CC(Nc2cc(C(C)(C)S)ncn2)C1. The minimum absolute atomic E-state index is 0.0189. The van der Waals surface area contributed by atoms with Crippen molar-refractivity contribution in [1.82, 2.24) is 14.9 Å². The number of carbonyl (C=O) groups excluding carboxylic acids is 1. The molecule has 2 heterocycles. The monoisotopic (exact) mass is 296 g/mol. The summed E-state index contributed by atoms with van der Waals surface area (Å²) in [5, 5.41) is 3.30. The molecule has 110 valence electrons. The molecule has 0 saturated carbocycles. The van der Waals surface area contributed by atoms with Crippen LogP contribution in [0.5, 0.6) is 0 Å². The first kappa shape index (κ1) is 15.1. The molecule has 1 aromatic rings. The van der Waals surface area contributed by atoms with E-state index in [0.29, 0.717) is 13.1 Å². The van der Waals surface area contributed by atoms with E-state index in [0.717, 1.165) is 11.5 Å². The average Bonchev–Trinajstić information content (AvgIpc) is 2.33. The third-order valence-electron chi connectivity index (χ3n) is 3.15. The van der Waals surface area contributed by atoms with Gasteiger partial charge in [0.25, 0.3) is 0 Å². The standard InChI is InChI=1S/C13H20N4O2S/c1-13(2,20)10-4-11(15-8-14-10)16-9-5-17(6-9)12(18)7-19-3/h4,8-9,20H,5-7H2,1-3H3,(H,14,15,16). The quantitative estimate of drug-likeness (QED) is 0.791. The van der Waals surface area contributed by atoms with Crippen molar-refractivity contribution < 1.29 is 9.53 Å². The molecule has 0 atom stereocenters. The normalized spacial score (nSPS) is 15.9. The number of nitrogens with zero attached hydrogens (tertiary/aromatic N) is 3. The van der Waals surface area contributed by atoms with E-state index in [1.165, 1.54) is 13.4 Å². The van der Waals surface area contributed by atoms with Crippen molar-refractivity contribution in [3.63, 3.8) is 0 Å². The Morgan fingerprint density at radius 3 is 2.85 bits per heavy atom. The van der Waals surface area contributed by atoms with Crippen LogP contribution in [0.3, 0.4) is 0 Å². The van der Waals surface area contributed by atoms with Crippen LogP contribution in [0, 0.1) is 0 Å². The molecule has 6 nitrogen and oxygen atoms in total. The summed E-state index contributed by atoms with van der Waals surface area (Å²) in [4.78, 5) is 21.7. The highest BCUT2D eigenvalue weighted by atomic mass is 32.1. The van der Waals surface area contributed by atoms with Crippen molar-refractivity contribution in [3.8, 4) is 0 Å². The summed E-state index contributed by atoms with van der Waals surface area (Å²) in [6.45, 7) is 5.45. The van der Waals surface area contributed by atoms with Crippen molar-refractivity contribution >= 4 is 24.4 Å². The number of rotatable bonds is 5. The van der Waals surface area contributed by atoms with Crippen LogP contribution in [0.25, 0.3) is 0 Å². The van der Waals surface area contributed by atoms with Crippen LogP contribution < -0.4 is 5.32 Å². The third-order valence-corrected chi connectivity index (χ3v) is 3.38. The molecule has 20 heavy (non-hydrogen) atoms. The highest BCUT2D eigenvalue weighted by Gasteiger charge is 2.30. The Labute approximate surface area is 124 Å². The number of nitrogens with one attached hydrogen (secondary N) is 1. The van der Waals surface area contributed by atoms with Gasteiger partial charge in [0.1, 0.15) is 18.8 Å². The van der Waals surface area contributed by atoms with E-state index < -0.39 is 0 Å². The fraction of sp³-hybridized carbons (Fsp3) is 0.615. The van der Waals surface area contributed by atoms with E-state index in [2.05, 4.69) is 27.9 Å². The van der Waals surface area contributed by atoms with Gasteiger partial charge in [-0.05, 0) is 13.8 Å². The largest absolute Gasteiger partial charge is 0.375 e. The molecule has 1 aliphatic heterocycles. The molecule has 0 spiro atoms. The van der Waals surface area contributed by atoms with E-state index in [-0.39, 0.29) is 23.3 Å². The van der Waals surface area contributed by atoms with Gasteiger partial charge in [-0.15, -0.1) is 0 Å². The molecule has 1 fully saturated rings. The number of methoxy groups -OCH3 is 1. The first-order chi connectivity index (χ1) is 9.40. The molecule has 0 unspecified atom stereocenters. The topological polar surface area (TPSA) is 67.3 Å². The molecule has 0 aromatic carbocycles. The Balaban J connectivity index is 1.89. The van der Waals surface area contributed by atoms with Gasteiger partial charge >= 0.3 is 0 Å². The van der Waals surface area contributed by atoms with Gasteiger partial charge in [-0.3, -0.25) is 4.79 Å². The van der Waals surface area contributed by atoms with Crippen LogP contribution >= 0.6 is 12.6 Å². The predicted molar refractivity (Wildman–Crippen MR) is 79.9 cm³/mol. The molecule has 0 bridgehead atoms. The summed E-state index contributed by atoms with van der Waals surface area (Å²) >= 11 is 4.50. The number of amides is 1. The van der Waals surface area contributed by atoms with Crippen LogP contribution in [0.2, 0.25) is 0 Å². The molecular formula is C13H20N4O2S. The summed E-state index contributed by atoms with van der Waals surface area (Å²) in [6, 6.07) is 2.12. The van der Waals surface area contributed by atoms with Crippen molar-refractivity contribution in [2.24, 2.45) is 0 Å². The van der Waals surface area contributed by atoms with Crippen molar-refractivity contribution in [3.05, 3.63) is 18.1 Å². The second-order valence-electron chi connectivity index (χ2n) is 5.42.